The molecule has 0 radical (unpaired) electrons. The van der Waals surface area contributed by atoms with Crippen molar-refractivity contribution in [2.75, 3.05) is 7.11 Å². The van der Waals surface area contributed by atoms with Crippen LogP contribution in [0.3, 0.4) is 0 Å². The molecule has 1 saturated carbocycles. The first-order chi connectivity index (χ1) is 6.44. The van der Waals surface area contributed by atoms with Gasteiger partial charge in [0.2, 0.25) is 0 Å². The second kappa shape index (κ2) is 3.20. The van der Waals surface area contributed by atoms with Crippen LogP contribution < -0.4 is 0 Å². The van der Waals surface area contributed by atoms with E-state index in [9.17, 15) is 9.59 Å². The molecule has 0 saturated heterocycles. The molecule has 0 aromatic heterocycles. The maximum atomic E-state index is 10.9. The highest BCUT2D eigenvalue weighted by Gasteiger charge is 2.74. The molecule has 2 unspecified atom stereocenters. The van der Waals surface area contributed by atoms with Gasteiger partial charge in [0.25, 0.3) is 0 Å². The van der Waals surface area contributed by atoms with Gasteiger partial charge < -0.3 is 9.84 Å². The maximum absolute atomic E-state index is 10.9. The van der Waals surface area contributed by atoms with Crippen LogP contribution in [0.1, 0.15) is 13.8 Å². The Hall–Kier alpha value is -1.16. The molecule has 0 spiro atoms. The van der Waals surface area contributed by atoms with Gasteiger partial charge in [-0.3, -0.25) is 9.59 Å². The van der Waals surface area contributed by atoms with Gasteiger partial charge in [-0.1, -0.05) is 13.8 Å². The van der Waals surface area contributed by atoms with Gasteiger partial charge >= 0.3 is 5.97 Å². The average Bonchev–Trinajstić information content (AvgIpc) is 2.59. The quantitative estimate of drug-likeness (QED) is 0.537. The Morgan fingerprint density at radius 3 is 2.36 bits per heavy atom. The minimum absolute atomic E-state index is 0.465. The molecule has 0 heterocycles. The molecule has 2 atom stereocenters. The van der Waals surface area contributed by atoms with E-state index in [0.717, 1.165) is 0 Å². The number of carboxylic acid groups (broad SMARTS) is 1. The average molecular weight is 198 g/mol. The van der Waals surface area contributed by atoms with E-state index in [1.54, 1.807) is 0 Å². The summed E-state index contributed by atoms with van der Waals surface area (Å²) in [7, 11) is 1.46. The first-order valence-corrected chi connectivity index (χ1v) is 4.35. The summed E-state index contributed by atoms with van der Waals surface area (Å²) in [4.78, 5) is 21.1. The summed E-state index contributed by atoms with van der Waals surface area (Å²) in [5, 5.41) is 8.95. The van der Waals surface area contributed by atoms with E-state index in [0.29, 0.717) is 6.29 Å². The number of hydrogen-bond donors (Lipinski definition) is 1. The van der Waals surface area contributed by atoms with Gasteiger partial charge in [0.05, 0.1) is 5.92 Å². The predicted octanol–water partition coefficient (Wildman–Crippen LogP) is 0.867. The second-order valence-electron chi connectivity index (χ2n) is 3.99. The maximum Gasteiger partial charge on any atom is 0.310 e. The third-order valence-corrected chi connectivity index (χ3v) is 3.08. The van der Waals surface area contributed by atoms with Crippen LogP contribution in [-0.2, 0) is 14.3 Å². The lowest BCUT2D eigenvalue weighted by atomic mass is 10.1. The Morgan fingerprint density at radius 2 is 2.07 bits per heavy atom. The SMILES string of the molecule is COC1(C=CC=O)C(C(=O)O)C1(C)C. The second-order valence-corrected chi connectivity index (χ2v) is 3.99. The smallest absolute Gasteiger partial charge is 0.310 e. The first-order valence-electron chi connectivity index (χ1n) is 4.35. The van der Waals surface area contributed by atoms with Crippen molar-refractivity contribution in [3.05, 3.63) is 12.2 Å². The third kappa shape index (κ3) is 1.18. The monoisotopic (exact) mass is 198 g/mol. The molecule has 78 valence electrons. The summed E-state index contributed by atoms with van der Waals surface area (Å²) >= 11 is 0. The number of aldehydes is 1. The van der Waals surface area contributed by atoms with Gasteiger partial charge in [0, 0.05) is 12.5 Å². The van der Waals surface area contributed by atoms with Crippen molar-refractivity contribution in [2.45, 2.75) is 19.4 Å². The molecule has 0 amide bonds. The van der Waals surface area contributed by atoms with Crippen molar-refractivity contribution in [3.8, 4) is 0 Å². The number of allylic oxidation sites excluding steroid dienone is 1. The third-order valence-electron chi connectivity index (χ3n) is 3.08. The standard InChI is InChI=1S/C10H14O4/c1-9(2)7(8(12)13)10(9,14-3)5-4-6-11/h4-7H,1-3H3,(H,12,13). The van der Waals surface area contributed by atoms with Crippen molar-refractivity contribution in [2.24, 2.45) is 11.3 Å². The van der Waals surface area contributed by atoms with E-state index in [2.05, 4.69) is 0 Å². The highest BCUT2D eigenvalue weighted by Crippen LogP contribution is 2.64. The minimum atomic E-state index is -0.896. The normalized spacial score (nSPS) is 34.4. The van der Waals surface area contributed by atoms with Crippen LogP contribution in [0.5, 0.6) is 0 Å². The van der Waals surface area contributed by atoms with Gasteiger partial charge in [0.1, 0.15) is 11.9 Å². The van der Waals surface area contributed by atoms with Crippen LogP contribution in [0.4, 0.5) is 0 Å². The lowest BCUT2D eigenvalue weighted by Crippen LogP contribution is -2.18. The fourth-order valence-corrected chi connectivity index (χ4v) is 2.19. The summed E-state index contributed by atoms with van der Waals surface area (Å²) in [6.07, 6.45) is 3.43. The van der Waals surface area contributed by atoms with Crippen molar-refractivity contribution in [1.29, 1.82) is 0 Å². The van der Waals surface area contributed by atoms with Crippen LogP contribution in [0.25, 0.3) is 0 Å². The van der Waals surface area contributed by atoms with E-state index in [-0.39, 0.29) is 0 Å². The Labute approximate surface area is 82.6 Å². The lowest BCUT2D eigenvalue weighted by molar-refractivity contribution is -0.140. The summed E-state index contributed by atoms with van der Waals surface area (Å²) in [6.45, 7) is 3.62. The van der Waals surface area contributed by atoms with E-state index in [1.165, 1.54) is 19.3 Å². The number of ether oxygens (including phenoxy) is 1. The Morgan fingerprint density at radius 1 is 1.50 bits per heavy atom. The number of methoxy groups -OCH3 is 1. The van der Waals surface area contributed by atoms with Crippen molar-refractivity contribution >= 4 is 12.3 Å². The lowest BCUT2D eigenvalue weighted by Gasteiger charge is -2.12. The Bertz CT molecular complexity index is 292. The molecular weight excluding hydrogens is 184 g/mol. The van der Waals surface area contributed by atoms with Crippen molar-refractivity contribution < 1.29 is 19.4 Å². The van der Waals surface area contributed by atoms with E-state index >= 15 is 0 Å². The number of aliphatic carboxylic acids is 1. The number of hydrogen-bond acceptors (Lipinski definition) is 3. The van der Waals surface area contributed by atoms with Crippen LogP contribution in [0.2, 0.25) is 0 Å². The highest BCUT2D eigenvalue weighted by atomic mass is 16.5. The van der Waals surface area contributed by atoms with Gasteiger partial charge in [0.15, 0.2) is 0 Å². The van der Waals surface area contributed by atoms with Crippen molar-refractivity contribution in [1.82, 2.24) is 0 Å². The van der Waals surface area contributed by atoms with E-state index in [4.69, 9.17) is 9.84 Å². The molecule has 0 aromatic carbocycles. The van der Waals surface area contributed by atoms with Crippen molar-refractivity contribution in [3.63, 3.8) is 0 Å². The minimum Gasteiger partial charge on any atom is -0.481 e. The fourth-order valence-electron chi connectivity index (χ4n) is 2.19. The van der Waals surface area contributed by atoms with Gasteiger partial charge in [-0.2, -0.15) is 0 Å². The Balaban J connectivity index is 2.99. The Kier molecular flexibility index (Phi) is 2.50. The van der Waals surface area contributed by atoms with E-state index < -0.39 is 22.9 Å². The molecule has 0 aliphatic heterocycles. The molecule has 1 fully saturated rings. The van der Waals surface area contributed by atoms with Crippen LogP contribution in [0, 0.1) is 11.3 Å². The van der Waals surface area contributed by atoms with Gasteiger partial charge in [-0.25, -0.2) is 0 Å². The molecule has 0 aromatic rings. The van der Waals surface area contributed by atoms with Gasteiger partial charge in [-0.15, -0.1) is 0 Å². The molecule has 1 rings (SSSR count). The number of rotatable bonds is 4. The number of carbonyl (C=O) groups is 2. The zero-order valence-electron chi connectivity index (χ0n) is 8.48. The number of carboxylic acids is 1. The van der Waals surface area contributed by atoms with Crippen LogP contribution >= 0.6 is 0 Å². The molecule has 1 N–H and O–H groups in total. The van der Waals surface area contributed by atoms with Crippen LogP contribution in [-0.4, -0.2) is 30.1 Å². The molecule has 4 heteroatoms. The molecule has 1 aliphatic rings. The van der Waals surface area contributed by atoms with E-state index in [1.807, 2.05) is 13.8 Å². The molecule has 4 nitrogen and oxygen atoms in total. The summed E-state index contributed by atoms with van der Waals surface area (Å²) in [6, 6.07) is 0. The topological polar surface area (TPSA) is 63.6 Å². The number of carbonyl (C=O) groups excluding carboxylic acids is 1. The zero-order valence-corrected chi connectivity index (χ0v) is 8.48. The highest BCUT2D eigenvalue weighted by molar-refractivity contribution is 5.80. The molecule has 0 bridgehead atoms. The largest absolute Gasteiger partial charge is 0.481 e. The molecular formula is C10H14O4. The predicted molar refractivity (Wildman–Crippen MR) is 49.9 cm³/mol. The van der Waals surface area contributed by atoms with Crippen LogP contribution in [0.15, 0.2) is 12.2 Å². The summed E-state index contributed by atoms with van der Waals surface area (Å²) < 4.78 is 5.21. The van der Waals surface area contributed by atoms with Gasteiger partial charge in [-0.05, 0) is 12.2 Å². The molecule has 14 heavy (non-hydrogen) atoms. The summed E-state index contributed by atoms with van der Waals surface area (Å²) in [5.41, 5.74) is -1.30. The zero-order chi connectivity index (χ0) is 11.0. The molecule has 1 aliphatic carbocycles. The summed E-state index contributed by atoms with van der Waals surface area (Å²) in [5.74, 6) is -1.48. The fraction of sp³-hybridized carbons (Fsp3) is 0.600. The first kappa shape index (κ1) is 10.9.